The fraction of sp³-hybridized carbons (Fsp3) is 0.300. The maximum absolute atomic E-state index is 11.2. The third-order valence-corrected chi connectivity index (χ3v) is 5.34. The van der Waals surface area contributed by atoms with Gasteiger partial charge in [0, 0.05) is 5.57 Å². The van der Waals surface area contributed by atoms with Crippen molar-refractivity contribution in [1.29, 1.82) is 0 Å². The third kappa shape index (κ3) is 3.88. The Kier molecular flexibility index (Phi) is 5.84. The summed E-state index contributed by atoms with van der Waals surface area (Å²) in [6.45, 7) is 10.3. The molecule has 126 valence electrons. The molecular weight excluding hydrogens is 316 g/mol. The number of hydrogen-bond donors (Lipinski definition) is 1. The molecule has 0 saturated carbocycles. The Morgan fingerprint density at radius 1 is 1.25 bits per heavy atom. The molecule has 0 unspecified atom stereocenters. The zero-order valence-corrected chi connectivity index (χ0v) is 15.8. The van der Waals surface area contributed by atoms with E-state index in [1.165, 1.54) is 22.9 Å². The molecule has 0 bridgehead atoms. The van der Waals surface area contributed by atoms with Gasteiger partial charge in [-0.1, -0.05) is 36.9 Å². The van der Waals surface area contributed by atoms with Gasteiger partial charge in [-0.3, -0.25) is 4.79 Å². The van der Waals surface area contributed by atoms with E-state index in [2.05, 4.69) is 50.9 Å². The average molecular weight is 340 g/mol. The zero-order valence-electron chi connectivity index (χ0n) is 14.9. The van der Waals surface area contributed by atoms with Crippen LogP contribution in [0.15, 0.2) is 51.1 Å². The fourth-order valence-electron chi connectivity index (χ4n) is 2.33. The SMILES string of the molecule is CC/C(C)=C(N)/N=C1/SC(C=O)=CC1=C(C)c1ccc(C)c(C)c1. The molecule has 1 aromatic rings. The van der Waals surface area contributed by atoms with E-state index in [4.69, 9.17) is 5.73 Å². The van der Waals surface area contributed by atoms with Crippen LogP contribution >= 0.6 is 11.8 Å². The van der Waals surface area contributed by atoms with Gasteiger partial charge < -0.3 is 5.73 Å². The Hall–Kier alpha value is -2.07. The van der Waals surface area contributed by atoms with E-state index >= 15 is 0 Å². The van der Waals surface area contributed by atoms with Crippen molar-refractivity contribution in [3.05, 3.63) is 62.8 Å². The normalized spacial score (nSPS) is 19.2. The molecule has 0 spiro atoms. The second kappa shape index (κ2) is 7.67. The first kappa shape index (κ1) is 18.3. The maximum atomic E-state index is 11.2. The van der Waals surface area contributed by atoms with Crippen molar-refractivity contribution in [3.63, 3.8) is 0 Å². The summed E-state index contributed by atoms with van der Waals surface area (Å²) >= 11 is 1.38. The molecule has 0 amide bonds. The Bertz CT molecular complexity index is 798. The van der Waals surface area contributed by atoms with E-state index in [1.54, 1.807) is 0 Å². The molecule has 1 heterocycles. The number of nitrogens with two attached hydrogens (primary N) is 1. The lowest BCUT2D eigenvalue weighted by atomic mass is 9.98. The van der Waals surface area contributed by atoms with Gasteiger partial charge in [0.05, 0.1) is 4.91 Å². The predicted molar refractivity (Wildman–Crippen MR) is 105 cm³/mol. The van der Waals surface area contributed by atoms with E-state index in [0.29, 0.717) is 10.7 Å². The van der Waals surface area contributed by atoms with E-state index in [0.717, 1.165) is 40.0 Å². The molecule has 0 atom stereocenters. The zero-order chi connectivity index (χ0) is 17.9. The first-order valence-electron chi connectivity index (χ1n) is 8.04. The van der Waals surface area contributed by atoms with E-state index in [9.17, 15) is 4.79 Å². The number of hydrogen-bond acceptors (Lipinski definition) is 4. The molecule has 0 aromatic heterocycles. The molecule has 0 radical (unpaired) electrons. The van der Waals surface area contributed by atoms with Crippen LogP contribution in [0.4, 0.5) is 0 Å². The molecule has 1 aliphatic rings. The highest BCUT2D eigenvalue weighted by molar-refractivity contribution is 8.18. The van der Waals surface area contributed by atoms with Gasteiger partial charge in [0.25, 0.3) is 0 Å². The lowest BCUT2D eigenvalue weighted by Gasteiger charge is -2.10. The lowest BCUT2D eigenvalue weighted by Crippen LogP contribution is -2.03. The molecule has 1 aromatic carbocycles. The first-order chi connectivity index (χ1) is 11.4. The molecule has 2 rings (SSSR count). The number of benzene rings is 1. The van der Waals surface area contributed by atoms with Crippen LogP contribution in [0.1, 0.15) is 43.9 Å². The molecule has 4 heteroatoms. The van der Waals surface area contributed by atoms with Gasteiger partial charge in [-0.25, -0.2) is 4.99 Å². The van der Waals surface area contributed by atoms with Gasteiger partial charge >= 0.3 is 0 Å². The van der Waals surface area contributed by atoms with Gasteiger partial charge in [-0.2, -0.15) is 0 Å². The molecule has 2 N–H and O–H groups in total. The van der Waals surface area contributed by atoms with Crippen LogP contribution in [-0.4, -0.2) is 11.3 Å². The molecule has 3 nitrogen and oxygen atoms in total. The van der Waals surface area contributed by atoms with Crippen LogP contribution in [0.5, 0.6) is 0 Å². The minimum atomic E-state index is 0.533. The summed E-state index contributed by atoms with van der Waals surface area (Å²) in [4.78, 5) is 16.5. The third-order valence-electron chi connectivity index (χ3n) is 4.38. The largest absolute Gasteiger partial charge is 0.384 e. The van der Waals surface area contributed by atoms with Crippen LogP contribution in [-0.2, 0) is 4.79 Å². The molecule has 24 heavy (non-hydrogen) atoms. The smallest absolute Gasteiger partial charge is 0.156 e. The summed E-state index contributed by atoms with van der Waals surface area (Å²) in [6, 6.07) is 6.40. The van der Waals surface area contributed by atoms with Crippen molar-refractivity contribution in [2.45, 2.75) is 41.0 Å². The second-order valence-corrected chi connectivity index (χ2v) is 7.10. The number of rotatable bonds is 4. The van der Waals surface area contributed by atoms with Crippen molar-refractivity contribution in [2.24, 2.45) is 10.7 Å². The molecule has 0 saturated heterocycles. The van der Waals surface area contributed by atoms with Crippen LogP contribution in [0.3, 0.4) is 0 Å². The molecule has 0 aliphatic carbocycles. The standard InChI is InChI=1S/C20H24N2OS/c1-6-12(2)19(21)22-20-18(10-17(11-23)24-20)15(5)16-8-7-13(3)14(4)9-16/h7-11H,6,21H2,1-5H3/b18-15?,19-12+,22-20+. The van der Waals surface area contributed by atoms with Gasteiger partial charge in [-0.05, 0) is 68.0 Å². The number of carbonyl (C=O) groups excluding carboxylic acids is 1. The summed E-state index contributed by atoms with van der Waals surface area (Å²) < 4.78 is 0. The summed E-state index contributed by atoms with van der Waals surface area (Å²) in [5, 5.41) is 0.790. The van der Waals surface area contributed by atoms with Gasteiger partial charge in [0.1, 0.15) is 10.9 Å². The summed E-state index contributed by atoms with van der Waals surface area (Å²) in [5.74, 6) is 0.533. The maximum Gasteiger partial charge on any atom is 0.156 e. The van der Waals surface area contributed by atoms with Gasteiger partial charge in [0.2, 0.25) is 0 Å². The molecular formula is C20H24N2OS. The van der Waals surface area contributed by atoms with Crippen molar-refractivity contribution in [1.82, 2.24) is 0 Å². The van der Waals surface area contributed by atoms with Gasteiger partial charge in [-0.15, -0.1) is 0 Å². The van der Waals surface area contributed by atoms with Crippen LogP contribution in [0.2, 0.25) is 0 Å². The van der Waals surface area contributed by atoms with Crippen molar-refractivity contribution >= 4 is 28.7 Å². The highest BCUT2D eigenvalue weighted by Gasteiger charge is 2.21. The fourth-order valence-corrected chi connectivity index (χ4v) is 3.24. The lowest BCUT2D eigenvalue weighted by molar-refractivity contribution is -0.104. The van der Waals surface area contributed by atoms with Gasteiger partial charge in [0.15, 0.2) is 6.29 Å². The van der Waals surface area contributed by atoms with E-state index in [1.807, 2.05) is 13.0 Å². The van der Waals surface area contributed by atoms with Crippen LogP contribution in [0.25, 0.3) is 5.57 Å². The average Bonchev–Trinajstić information content (AvgIpc) is 2.98. The number of carbonyl (C=O) groups is 1. The number of allylic oxidation sites excluding steroid dienone is 4. The number of aliphatic imine (C=N–C) groups is 1. The van der Waals surface area contributed by atoms with E-state index < -0.39 is 0 Å². The Balaban J connectivity index is 2.57. The minimum Gasteiger partial charge on any atom is -0.384 e. The highest BCUT2D eigenvalue weighted by Crippen LogP contribution is 2.36. The Morgan fingerprint density at radius 2 is 1.96 bits per heavy atom. The summed E-state index contributed by atoms with van der Waals surface area (Å²) in [5.41, 5.74) is 12.9. The number of aryl methyl sites for hydroxylation is 2. The monoisotopic (exact) mass is 340 g/mol. The highest BCUT2D eigenvalue weighted by atomic mass is 32.2. The predicted octanol–water partition coefficient (Wildman–Crippen LogP) is 4.91. The van der Waals surface area contributed by atoms with Crippen molar-refractivity contribution < 1.29 is 4.79 Å². The van der Waals surface area contributed by atoms with E-state index in [-0.39, 0.29) is 0 Å². The first-order valence-corrected chi connectivity index (χ1v) is 8.86. The Labute approximate surface area is 148 Å². The molecule has 1 aliphatic heterocycles. The minimum absolute atomic E-state index is 0.533. The van der Waals surface area contributed by atoms with Crippen molar-refractivity contribution in [3.8, 4) is 0 Å². The van der Waals surface area contributed by atoms with Crippen LogP contribution < -0.4 is 5.73 Å². The topological polar surface area (TPSA) is 55.4 Å². The number of nitrogens with zero attached hydrogens (tertiary/aromatic N) is 1. The molecule has 0 fully saturated rings. The number of aldehydes is 1. The van der Waals surface area contributed by atoms with Crippen molar-refractivity contribution in [2.75, 3.05) is 0 Å². The quantitative estimate of drug-likeness (QED) is 0.793. The second-order valence-electron chi connectivity index (χ2n) is 6.04. The summed E-state index contributed by atoms with van der Waals surface area (Å²) in [7, 11) is 0. The van der Waals surface area contributed by atoms with Crippen LogP contribution in [0, 0.1) is 13.8 Å². The Morgan fingerprint density at radius 3 is 2.54 bits per heavy atom. The summed E-state index contributed by atoms with van der Waals surface area (Å²) in [6.07, 6.45) is 3.62. The number of thioether (sulfide) groups is 1.